The fourth-order valence-electron chi connectivity index (χ4n) is 2.54. The second-order valence-corrected chi connectivity index (χ2v) is 6.04. The highest BCUT2D eigenvalue weighted by Crippen LogP contribution is 2.03. The number of nitrogens with one attached hydrogen (secondary N) is 1. The first kappa shape index (κ1) is 15.4. The molecule has 3 aromatic rings. The highest BCUT2D eigenvalue weighted by Gasteiger charge is 2.06. The van der Waals surface area contributed by atoms with Gasteiger partial charge >= 0.3 is 0 Å². The normalized spacial score (nSPS) is 12.7. The predicted molar refractivity (Wildman–Crippen MR) is 89.5 cm³/mol. The van der Waals surface area contributed by atoms with E-state index in [1.54, 1.807) is 10.5 Å². The number of aromatic nitrogens is 4. The molecule has 0 amide bonds. The van der Waals surface area contributed by atoms with Crippen LogP contribution < -0.4 is 10.9 Å². The Morgan fingerprint density at radius 3 is 2.78 bits per heavy atom. The van der Waals surface area contributed by atoms with E-state index in [0.717, 1.165) is 23.4 Å². The van der Waals surface area contributed by atoms with Gasteiger partial charge in [-0.2, -0.15) is 5.10 Å². The van der Waals surface area contributed by atoms with Gasteiger partial charge in [-0.05, 0) is 38.0 Å². The maximum Gasteiger partial charge on any atom is 0.258 e. The summed E-state index contributed by atoms with van der Waals surface area (Å²) < 4.78 is 3.49. The molecule has 0 aromatic carbocycles. The Morgan fingerprint density at radius 1 is 1.22 bits per heavy atom. The lowest BCUT2D eigenvalue weighted by Crippen LogP contribution is -2.31. The van der Waals surface area contributed by atoms with Crippen LogP contribution >= 0.6 is 0 Å². The van der Waals surface area contributed by atoms with E-state index in [1.807, 2.05) is 49.3 Å². The van der Waals surface area contributed by atoms with Crippen molar-refractivity contribution in [1.29, 1.82) is 0 Å². The molecule has 3 rings (SSSR count). The molecule has 120 valence electrons. The Hall–Kier alpha value is -2.47. The van der Waals surface area contributed by atoms with E-state index < -0.39 is 0 Å². The molecule has 0 bridgehead atoms. The zero-order chi connectivity index (χ0) is 16.4. The topological polar surface area (TPSA) is 64.2 Å². The molecule has 0 fully saturated rings. The van der Waals surface area contributed by atoms with Gasteiger partial charge in [-0.25, -0.2) is 4.98 Å². The zero-order valence-electron chi connectivity index (χ0n) is 13.7. The molecule has 0 saturated heterocycles. The van der Waals surface area contributed by atoms with Crippen LogP contribution in [0.3, 0.4) is 0 Å². The van der Waals surface area contributed by atoms with E-state index in [9.17, 15) is 4.79 Å². The first-order valence-corrected chi connectivity index (χ1v) is 7.72. The quantitative estimate of drug-likeness (QED) is 0.779. The third-order valence-corrected chi connectivity index (χ3v) is 3.72. The summed E-state index contributed by atoms with van der Waals surface area (Å²) in [6.07, 6.45) is 5.67. The van der Waals surface area contributed by atoms with E-state index in [2.05, 4.69) is 22.3 Å². The molecule has 0 unspecified atom stereocenters. The minimum Gasteiger partial charge on any atom is -0.307 e. The zero-order valence-corrected chi connectivity index (χ0v) is 13.7. The smallest absolute Gasteiger partial charge is 0.258 e. The van der Waals surface area contributed by atoms with Gasteiger partial charge < -0.3 is 5.32 Å². The fourth-order valence-corrected chi connectivity index (χ4v) is 2.54. The Kier molecular flexibility index (Phi) is 4.25. The minimum atomic E-state index is -0.0501. The summed E-state index contributed by atoms with van der Waals surface area (Å²) in [4.78, 5) is 16.7. The van der Waals surface area contributed by atoms with Crippen LogP contribution in [-0.2, 0) is 13.1 Å². The van der Waals surface area contributed by atoms with Crippen molar-refractivity contribution in [3.8, 4) is 0 Å². The van der Waals surface area contributed by atoms with Gasteiger partial charge in [0, 0.05) is 31.0 Å². The van der Waals surface area contributed by atoms with Gasteiger partial charge in [0.15, 0.2) is 0 Å². The van der Waals surface area contributed by atoms with Crippen molar-refractivity contribution in [1.82, 2.24) is 24.5 Å². The highest BCUT2D eigenvalue weighted by molar-refractivity contribution is 5.39. The van der Waals surface area contributed by atoms with Crippen molar-refractivity contribution >= 4 is 5.65 Å². The van der Waals surface area contributed by atoms with Crippen LogP contribution in [0.25, 0.3) is 5.65 Å². The molecule has 0 aliphatic rings. The number of rotatable bonds is 5. The second-order valence-electron chi connectivity index (χ2n) is 6.04. The molecule has 0 radical (unpaired) electrons. The van der Waals surface area contributed by atoms with Crippen LogP contribution in [-0.4, -0.2) is 25.2 Å². The van der Waals surface area contributed by atoms with Gasteiger partial charge in [0.05, 0.1) is 18.4 Å². The maximum atomic E-state index is 12.2. The van der Waals surface area contributed by atoms with Crippen LogP contribution in [0.1, 0.15) is 23.7 Å². The molecule has 0 aliphatic carbocycles. The highest BCUT2D eigenvalue weighted by atomic mass is 16.1. The van der Waals surface area contributed by atoms with Crippen molar-refractivity contribution in [2.45, 2.75) is 39.9 Å². The van der Waals surface area contributed by atoms with Crippen molar-refractivity contribution in [3.63, 3.8) is 0 Å². The molecule has 1 atom stereocenters. The third-order valence-electron chi connectivity index (χ3n) is 3.72. The maximum absolute atomic E-state index is 12.2. The van der Waals surface area contributed by atoms with E-state index in [1.165, 1.54) is 0 Å². The van der Waals surface area contributed by atoms with Gasteiger partial charge in [0.2, 0.25) is 0 Å². The molecule has 0 aliphatic heterocycles. The van der Waals surface area contributed by atoms with Gasteiger partial charge in [-0.1, -0.05) is 6.07 Å². The van der Waals surface area contributed by atoms with Gasteiger partial charge in [0.25, 0.3) is 5.56 Å². The Bertz CT molecular complexity index is 880. The molecular weight excluding hydrogens is 290 g/mol. The molecule has 3 heterocycles. The van der Waals surface area contributed by atoms with Crippen molar-refractivity contribution in [2.75, 3.05) is 0 Å². The van der Waals surface area contributed by atoms with E-state index in [4.69, 9.17) is 0 Å². The number of aryl methyl sites for hydroxylation is 2. The summed E-state index contributed by atoms with van der Waals surface area (Å²) in [5.74, 6) is 0. The molecule has 0 spiro atoms. The van der Waals surface area contributed by atoms with Crippen LogP contribution in [0, 0.1) is 13.8 Å². The standard InChI is InChI=1S/C17H21N5O/c1-12-4-5-16-20-15(6-17(23)22(16)10-12)8-18-14(3)11-21-9-13(2)7-19-21/h4-7,9-10,14,18H,8,11H2,1-3H3/t14-/m0/s1. The molecule has 6 nitrogen and oxygen atoms in total. The van der Waals surface area contributed by atoms with E-state index in [0.29, 0.717) is 12.2 Å². The van der Waals surface area contributed by atoms with Gasteiger partial charge in [-0.15, -0.1) is 0 Å². The first-order chi connectivity index (χ1) is 11.0. The number of hydrogen-bond donors (Lipinski definition) is 1. The summed E-state index contributed by atoms with van der Waals surface area (Å²) in [5, 5.41) is 7.67. The van der Waals surface area contributed by atoms with Crippen molar-refractivity contribution in [3.05, 3.63) is 64.0 Å². The molecule has 6 heteroatoms. The molecule has 0 saturated carbocycles. The minimum absolute atomic E-state index is 0.0501. The lowest BCUT2D eigenvalue weighted by Gasteiger charge is -2.14. The number of nitrogens with zero attached hydrogens (tertiary/aromatic N) is 4. The summed E-state index contributed by atoms with van der Waals surface area (Å²) in [6.45, 7) is 7.41. The average Bonchev–Trinajstić information content (AvgIpc) is 2.91. The van der Waals surface area contributed by atoms with Crippen LogP contribution in [0.5, 0.6) is 0 Å². The van der Waals surface area contributed by atoms with Crippen LogP contribution in [0.2, 0.25) is 0 Å². The summed E-state index contributed by atoms with van der Waals surface area (Å²) in [6, 6.07) is 5.65. The van der Waals surface area contributed by atoms with Crippen LogP contribution in [0.4, 0.5) is 0 Å². The number of fused-ring (bicyclic) bond motifs is 1. The van der Waals surface area contributed by atoms with Gasteiger partial charge in [0.1, 0.15) is 5.65 Å². The average molecular weight is 311 g/mol. The summed E-state index contributed by atoms with van der Waals surface area (Å²) in [5.41, 5.74) is 3.57. The summed E-state index contributed by atoms with van der Waals surface area (Å²) in [7, 11) is 0. The number of pyridine rings is 1. The number of hydrogen-bond acceptors (Lipinski definition) is 4. The van der Waals surface area contributed by atoms with Crippen LogP contribution in [0.15, 0.2) is 41.6 Å². The Labute approximate surface area is 134 Å². The monoisotopic (exact) mass is 311 g/mol. The summed E-state index contributed by atoms with van der Waals surface area (Å²) >= 11 is 0. The Morgan fingerprint density at radius 2 is 2.04 bits per heavy atom. The van der Waals surface area contributed by atoms with E-state index in [-0.39, 0.29) is 11.6 Å². The lowest BCUT2D eigenvalue weighted by molar-refractivity contribution is 0.448. The first-order valence-electron chi connectivity index (χ1n) is 7.72. The largest absolute Gasteiger partial charge is 0.307 e. The fraction of sp³-hybridized carbons (Fsp3) is 0.353. The second kappa shape index (κ2) is 6.34. The molecule has 3 aromatic heterocycles. The van der Waals surface area contributed by atoms with Gasteiger partial charge in [-0.3, -0.25) is 13.9 Å². The lowest BCUT2D eigenvalue weighted by atomic mass is 10.3. The van der Waals surface area contributed by atoms with Crippen molar-refractivity contribution in [2.24, 2.45) is 0 Å². The SMILES string of the molecule is Cc1cnn(C[C@H](C)NCc2cc(=O)n3cc(C)ccc3n2)c1. The molecule has 23 heavy (non-hydrogen) atoms. The van der Waals surface area contributed by atoms with E-state index >= 15 is 0 Å². The molecule has 1 N–H and O–H groups in total. The predicted octanol–water partition coefficient (Wildman–Crippen LogP) is 1.69. The third kappa shape index (κ3) is 3.65. The molecular formula is C17H21N5O. The van der Waals surface area contributed by atoms with Crippen molar-refractivity contribution < 1.29 is 0 Å². The Balaban J connectivity index is 1.69.